The first-order valence-corrected chi connectivity index (χ1v) is 24.8. The van der Waals surface area contributed by atoms with E-state index in [9.17, 15) is 38.4 Å². The molecule has 4 aliphatic heterocycles. The van der Waals surface area contributed by atoms with Crippen molar-refractivity contribution in [2.45, 2.75) is 115 Å². The van der Waals surface area contributed by atoms with Crippen LogP contribution in [0.2, 0.25) is 0 Å². The van der Waals surface area contributed by atoms with Gasteiger partial charge >= 0.3 is 30.2 Å². The van der Waals surface area contributed by atoms with Gasteiger partial charge in [-0.1, -0.05) is 51.3 Å². The second-order valence-electron chi connectivity index (χ2n) is 19.2. The number of anilines is 2. The van der Waals surface area contributed by atoms with E-state index in [2.05, 4.69) is 45.6 Å². The van der Waals surface area contributed by atoms with Crippen molar-refractivity contribution >= 4 is 59.3 Å². The molecule has 10 rings (SSSR count). The van der Waals surface area contributed by atoms with Crippen molar-refractivity contribution in [2.24, 2.45) is 0 Å². The van der Waals surface area contributed by atoms with Crippen LogP contribution in [0.25, 0.3) is 0 Å². The van der Waals surface area contributed by atoms with Crippen molar-refractivity contribution in [3.8, 4) is 11.5 Å². The molecule has 2 aliphatic carbocycles. The Hall–Kier alpha value is -8.20. The fourth-order valence-corrected chi connectivity index (χ4v) is 10.8. The second kappa shape index (κ2) is 24.2. The van der Waals surface area contributed by atoms with E-state index in [4.69, 9.17) is 24.1 Å². The summed E-state index contributed by atoms with van der Waals surface area (Å²) < 4.78 is 21.3. The zero-order chi connectivity index (χ0) is 53.8. The highest BCUT2D eigenvalue weighted by molar-refractivity contribution is 6.07. The number of nitrogens with one attached hydrogen (secondary N) is 5. The van der Waals surface area contributed by atoms with Gasteiger partial charge in [0.2, 0.25) is 17.1 Å². The van der Waals surface area contributed by atoms with Crippen LogP contribution in [0.3, 0.4) is 0 Å². The maximum atomic E-state index is 13.6. The predicted octanol–water partition coefficient (Wildman–Crippen LogP) is 7.74. The van der Waals surface area contributed by atoms with Crippen LogP contribution in [0, 0.1) is 0 Å². The smallest absolute Gasteiger partial charge is 0.418 e. The molecule has 0 bridgehead atoms. The molecule has 4 heterocycles. The van der Waals surface area contributed by atoms with Gasteiger partial charge in [0.1, 0.15) is 24.6 Å². The third-order valence-corrected chi connectivity index (χ3v) is 14.6. The molecular weight excluding hydrogens is 993 g/mol. The van der Waals surface area contributed by atoms with Crippen LogP contribution in [0.15, 0.2) is 84.9 Å². The number of carboxylic acids is 1. The number of carbonyl (C=O) groups excluding carboxylic acids is 7. The molecule has 0 aromatic heterocycles. The summed E-state index contributed by atoms with van der Waals surface area (Å²) in [5.74, 6) is -1.11. The Kier molecular flexibility index (Phi) is 18.3. The van der Waals surface area contributed by atoms with Gasteiger partial charge in [0.05, 0.1) is 20.3 Å². The predicted molar refractivity (Wildman–Crippen MR) is 285 cm³/mol. The van der Waals surface area contributed by atoms with E-state index >= 15 is 0 Å². The standard InChI is InChI=1S/C27H30N4O6.C15H15N3O6.C12H17NO.2CH4/c1-16-4-11-22(17-5-8-20(36-3)9-6-17)31(16)23(32)15-30-24(33)27(37-26(30)35)13-12-18-14-19(7-10-21(18)27)29-25(34)28-2;1-16-13(22)17-9-2-3-10-8(6-9)4-5-15(10)12(21)18(7-11(19)20)14(23)24-15;1-9-3-8-12(13-9)10-4-6-11(14-2)7-5-10;;/h5-10,14,16,22H,4,11-13,15H2,1-3H3,(H2,28,29,34);2-3,6H,4-5,7H2,1H3,(H,19,20)(H2,16,17,22);4-7,9,12-13H,3,8H2,1-2H3;2*1H4/t16?,22?,27-;15-;;;/m11.../s1. The number of aryl methyl sites for hydroxylation is 2. The third-order valence-electron chi connectivity index (χ3n) is 14.6. The SMILES string of the molecule is C.C.CNC(=O)Nc1ccc2c(c1)CC[C@@]21OC(=O)N(CC(=O)N2C(C)CCC2c2ccc(OC)cc2)C1=O.CNC(=O)Nc1ccc2c(c1)CC[C@@]21OC(=O)N(CC(=O)O)C1=O.COc1ccc(C2CCC(C)N2)cc1. The number of carbonyl (C=O) groups is 8. The summed E-state index contributed by atoms with van der Waals surface area (Å²) in [6.45, 7) is 3.11. The molecule has 21 nitrogen and oxygen atoms in total. The van der Waals surface area contributed by atoms with Gasteiger partial charge < -0.3 is 55.5 Å². The number of hydrogen-bond donors (Lipinski definition) is 6. The summed E-state index contributed by atoms with van der Waals surface area (Å²) in [6, 6.07) is 26.3. The van der Waals surface area contributed by atoms with Gasteiger partial charge in [-0.05, 0) is 123 Å². The Bertz CT molecular complexity index is 2880. The molecule has 412 valence electrons. The van der Waals surface area contributed by atoms with Crippen LogP contribution >= 0.6 is 0 Å². The molecule has 6 N–H and O–H groups in total. The Morgan fingerprint density at radius 2 is 1.12 bits per heavy atom. The molecule has 4 saturated heterocycles. The van der Waals surface area contributed by atoms with Gasteiger partial charge in [0, 0.05) is 67.6 Å². The molecule has 6 aliphatic rings. The molecule has 4 aromatic carbocycles. The lowest BCUT2D eigenvalue weighted by molar-refractivity contribution is -0.144. The topological polar surface area (TPSA) is 264 Å². The van der Waals surface area contributed by atoms with Crippen molar-refractivity contribution < 1.29 is 62.4 Å². The van der Waals surface area contributed by atoms with E-state index in [1.807, 2.05) is 43.3 Å². The molecule has 6 atom stereocenters. The largest absolute Gasteiger partial charge is 0.497 e. The molecule has 0 radical (unpaired) electrons. The van der Waals surface area contributed by atoms with Gasteiger partial charge in [0.25, 0.3) is 11.8 Å². The summed E-state index contributed by atoms with van der Waals surface area (Å²) >= 11 is 0. The van der Waals surface area contributed by atoms with Gasteiger partial charge in [-0.25, -0.2) is 29.0 Å². The Balaban J connectivity index is 0.000000205. The Morgan fingerprint density at radius 1 is 0.649 bits per heavy atom. The van der Waals surface area contributed by atoms with E-state index in [-0.39, 0.29) is 64.3 Å². The number of amides is 9. The number of rotatable bonds is 10. The first-order valence-electron chi connectivity index (χ1n) is 24.8. The van der Waals surface area contributed by atoms with Gasteiger partial charge in [-0.3, -0.25) is 19.2 Å². The first-order chi connectivity index (χ1) is 35.9. The van der Waals surface area contributed by atoms with Crippen molar-refractivity contribution in [3.63, 3.8) is 0 Å². The number of imide groups is 2. The number of fused-ring (bicyclic) bond motifs is 4. The van der Waals surface area contributed by atoms with Crippen LogP contribution in [-0.4, -0.2) is 121 Å². The van der Waals surface area contributed by atoms with E-state index in [0.29, 0.717) is 52.3 Å². The average Bonchev–Trinajstić information content (AvgIpc) is 4.28. The molecular formula is C56H70N8O13. The number of nitrogens with zero attached hydrogens (tertiary/aromatic N) is 3. The van der Waals surface area contributed by atoms with E-state index in [1.54, 1.807) is 55.5 Å². The number of hydrogen-bond acceptors (Lipinski definition) is 13. The molecule has 21 heteroatoms. The van der Waals surface area contributed by atoms with Crippen molar-refractivity contribution in [2.75, 3.05) is 52.0 Å². The van der Waals surface area contributed by atoms with E-state index < -0.39 is 47.7 Å². The monoisotopic (exact) mass is 1060 g/mol. The quantitative estimate of drug-likeness (QED) is 0.0888. The fraction of sp³-hybridized carbons (Fsp3) is 0.429. The van der Waals surface area contributed by atoms with Gasteiger partial charge in [-0.2, -0.15) is 0 Å². The summed E-state index contributed by atoms with van der Waals surface area (Å²) in [6.07, 6.45) is 3.87. The highest BCUT2D eigenvalue weighted by atomic mass is 16.6. The highest BCUT2D eigenvalue weighted by Crippen LogP contribution is 2.48. The van der Waals surface area contributed by atoms with Crippen LogP contribution in [0.1, 0.15) is 113 Å². The third kappa shape index (κ3) is 11.8. The number of methoxy groups -OCH3 is 2. The van der Waals surface area contributed by atoms with Crippen molar-refractivity contribution in [3.05, 3.63) is 118 Å². The minimum Gasteiger partial charge on any atom is -0.497 e. The van der Waals surface area contributed by atoms with E-state index in [0.717, 1.165) is 45.9 Å². The number of urea groups is 2. The van der Waals surface area contributed by atoms with Crippen molar-refractivity contribution in [1.82, 2.24) is 30.7 Å². The van der Waals surface area contributed by atoms with Crippen LogP contribution in [0.5, 0.6) is 11.5 Å². The number of likely N-dealkylation sites (tertiary alicyclic amines) is 1. The summed E-state index contributed by atoms with van der Waals surface area (Å²) in [7, 11) is 6.31. The molecule has 9 amide bonds. The highest BCUT2D eigenvalue weighted by Gasteiger charge is 2.60. The number of carboxylic acid groups (broad SMARTS) is 1. The lowest BCUT2D eigenvalue weighted by Gasteiger charge is -2.30. The Morgan fingerprint density at radius 3 is 1.55 bits per heavy atom. The lowest BCUT2D eigenvalue weighted by atomic mass is 9.94. The number of aliphatic carboxylic acids is 1. The summed E-state index contributed by atoms with van der Waals surface area (Å²) in [5, 5.41) is 22.6. The van der Waals surface area contributed by atoms with Crippen LogP contribution < -0.4 is 36.1 Å². The molecule has 4 fully saturated rings. The first kappa shape index (κ1) is 58.1. The number of ether oxygens (including phenoxy) is 4. The summed E-state index contributed by atoms with van der Waals surface area (Å²) in [4.78, 5) is 102. The lowest BCUT2D eigenvalue weighted by Crippen LogP contribution is -2.46. The summed E-state index contributed by atoms with van der Waals surface area (Å²) in [5.41, 5.74) is 3.27. The minimum absolute atomic E-state index is 0. The molecule has 4 unspecified atom stereocenters. The fourth-order valence-electron chi connectivity index (χ4n) is 10.8. The number of benzene rings is 4. The molecule has 77 heavy (non-hydrogen) atoms. The van der Waals surface area contributed by atoms with Crippen LogP contribution in [0.4, 0.5) is 30.6 Å². The minimum atomic E-state index is -1.46. The maximum absolute atomic E-state index is 13.6. The molecule has 2 spiro atoms. The van der Waals surface area contributed by atoms with Crippen molar-refractivity contribution in [1.29, 1.82) is 0 Å². The Labute approximate surface area is 448 Å². The van der Waals surface area contributed by atoms with Gasteiger partial charge in [-0.15, -0.1) is 0 Å². The maximum Gasteiger partial charge on any atom is 0.418 e. The second-order valence-corrected chi connectivity index (χ2v) is 19.2. The molecule has 0 saturated carbocycles. The molecule has 4 aromatic rings. The van der Waals surface area contributed by atoms with Gasteiger partial charge in [0.15, 0.2) is 0 Å². The zero-order valence-electron chi connectivity index (χ0n) is 42.7. The van der Waals surface area contributed by atoms with Crippen LogP contribution in [-0.2, 0) is 52.7 Å². The zero-order valence-corrected chi connectivity index (χ0v) is 42.7. The average molecular weight is 1060 g/mol. The van der Waals surface area contributed by atoms with E-state index in [1.165, 1.54) is 32.5 Å². The normalized spacial score (nSPS) is 23.2.